The van der Waals surface area contributed by atoms with Crippen LogP contribution in [0.4, 0.5) is 16.2 Å². The molecule has 140 valence electrons. The number of urea groups is 1. The molecule has 0 fully saturated rings. The number of nitrogens with zero attached hydrogens (tertiary/aromatic N) is 1. The Labute approximate surface area is 157 Å². The van der Waals surface area contributed by atoms with Crippen LogP contribution in [0, 0.1) is 6.92 Å². The number of nitrogens with one attached hydrogen (secondary N) is 2. The fourth-order valence-electron chi connectivity index (χ4n) is 2.75. The fourth-order valence-corrected chi connectivity index (χ4v) is 2.75. The zero-order valence-corrected chi connectivity index (χ0v) is 15.6. The number of aryl methyl sites for hydroxylation is 1. The Bertz CT molecular complexity index is 988. The van der Waals surface area contributed by atoms with Gasteiger partial charge in [-0.2, -0.15) is 0 Å². The molecule has 27 heavy (non-hydrogen) atoms. The number of methoxy groups -OCH3 is 3. The topological polar surface area (TPSA) is 81.7 Å². The third kappa shape index (κ3) is 4.03. The highest BCUT2D eigenvalue weighted by Crippen LogP contribution is 2.30. The van der Waals surface area contributed by atoms with E-state index in [1.165, 1.54) is 7.11 Å². The van der Waals surface area contributed by atoms with Gasteiger partial charge in [-0.1, -0.05) is 0 Å². The number of rotatable bonds is 5. The summed E-state index contributed by atoms with van der Waals surface area (Å²) in [6, 6.07) is 12.1. The first kappa shape index (κ1) is 18.3. The van der Waals surface area contributed by atoms with Gasteiger partial charge < -0.3 is 24.8 Å². The Balaban J connectivity index is 1.81. The molecule has 2 aromatic carbocycles. The number of hydrogen-bond donors (Lipinski definition) is 2. The van der Waals surface area contributed by atoms with Crippen molar-refractivity contribution in [1.82, 2.24) is 4.98 Å². The molecule has 1 aromatic heterocycles. The lowest BCUT2D eigenvalue weighted by Gasteiger charge is -2.13. The minimum atomic E-state index is -0.392. The summed E-state index contributed by atoms with van der Waals surface area (Å²) < 4.78 is 15.9. The van der Waals surface area contributed by atoms with Gasteiger partial charge in [0.05, 0.1) is 32.5 Å². The highest BCUT2D eigenvalue weighted by Gasteiger charge is 2.11. The second-order valence-corrected chi connectivity index (χ2v) is 5.84. The summed E-state index contributed by atoms with van der Waals surface area (Å²) in [5.41, 5.74) is 2.82. The van der Waals surface area contributed by atoms with Gasteiger partial charge in [-0.3, -0.25) is 4.98 Å². The molecule has 0 atom stereocenters. The molecule has 0 aliphatic carbocycles. The maximum absolute atomic E-state index is 12.4. The lowest BCUT2D eigenvalue weighted by molar-refractivity contribution is 0.262. The average Bonchev–Trinajstić information content (AvgIpc) is 2.67. The van der Waals surface area contributed by atoms with Crippen LogP contribution in [0.3, 0.4) is 0 Å². The molecule has 7 heteroatoms. The minimum absolute atomic E-state index is 0.392. The molecule has 3 rings (SSSR count). The molecule has 0 saturated carbocycles. The summed E-state index contributed by atoms with van der Waals surface area (Å²) in [7, 11) is 4.71. The molecule has 1 heterocycles. The van der Waals surface area contributed by atoms with E-state index in [0.717, 1.165) is 16.6 Å². The van der Waals surface area contributed by atoms with Crippen molar-refractivity contribution in [1.29, 1.82) is 0 Å². The highest BCUT2D eigenvalue weighted by molar-refractivity contribution is 6.02. The molecule has 0 radical (unpaired) electrons. The molecule has 2 amide bonds. The molecule has 0 unspecified atom stereocenters. The second kappa shape index (κ2) is 7.82. The SMILES string of the molecule is COc1ccc(NC(=O)Nc2ccc3nc(C)cc(OC)c3c2)c(OC)c1. The average molecular weight is 367 g/mol. The summed E-state index contributed by atoms with van der Waals surface area (Å²) in [5, 5.41) is 6.40. The molecule has 0 bridgehead atoms. The number of pyridine rings is 1. The van der Waals surface area contributed by atoms with Gasteiger partial charge in [-0.25, -0.2) is 4.79 Å². The predicted molar refractivity (Wildman–Crippen MR) is 105 cm³/mol. The molecule has 0 aliphatic heterocycles. The van der Waals surface area contributed by atoms with Crippen LogP contribution in [-0.2, 0) is 0 Å². The Hall–Kier alpha value is -3.48. The van der Waals surface area contributed by atoms with Gasteiger partial charge in [0, 0.05) is 28.9 Å². The molecule has 0 spiro atoms. The van der Waals surface area contributed by atoms with E-state index in [9.17, 15) is 4.79 Å². The number of amides is 2. The van der Waals surface area contributed by atoms with Crippen molar-refractivity contribution < 1.29 is 19.0 Å². The van der Waals surface area contributed by atoms with Crippen molar-refractivity contribution >= 4 is 28.3 Å². The van der Waals surface area contributed by atoms with E-state index in [1.807, 2.05) is 25.1 Å². The summed E-state index contributed by atoms with van der Waals surface area (Å²) in [5.74, 6) is 1.85. The number of fused-ring (bicyclic) bond motifs is 1. The quantitative estimate of drug-likeness (QED) is 0.706. The summed E-state index contributed by atoms with van der Waals surface area (Å²) >= 11 is 0. The number of hydrogen-bond acceptors (Lipinski definition) is 5. The molecule has 3 aromatic rings. The summed E-state index contributed by atoms with van der Waals surface area (Å²) in [6.07, 6.45) is 0. The standard InChI is InChI=1S/C20H21N3O4/c1-12-9-18(26-3)15-10-13(5-7-16(15)21-12)22-20(24)23-17-8-6-14(25-2)11-19(17)27-4/h5-11H,1-4H3,(H2,22,23,24). The first-order valence-corrected chi connectivity index (χ1v) is 8.29. The number of carbonyl (C=O) groups is 1. The van der Waals surface area contributed by atoms with Crippen molar-refractivity contribution in [2.24, 2.45) is 0 Å². The maximum Gasteiger partial charge on any atom is 0.323 e. The first-order valence-electron chi connectivity index (χ1n) is 8.29. The van der Waals surface area contributed by atoms with Crippen LogP contribution in [0.2, 0.25) is 0 Å². The van der Waals surface area contributed by atoms with Crippen LogP contribution < -0.4 is 24.8 Å². The minimum Gasteiger partial charge on any atom is -0.497 e. The summed E-state index contributed by atoms with van der Waals surface area (Å²) in [6.45, 7) is 1.91. The van der Waals surface area contributed by atoms with E-state index in [0.29, 0.717) is 28.6 Å². The van der Waals surface area contributed by atoms with E-state index in [-0.39, 0.29) is 0 Å². The number of ether oxygens (including phenoxy) is 3. The second-order valence-electron chi connectivity index (χ2n) is 5.84. The molecular formula is C20H21N3O4. The molecule has 0 aliphatic rings. The van der Waals surface area contributed by atoms with Gasteiger partial charge in [0.25, 0.3) is 0 Å². The predicted octanol–water partition coefficient (Wildman–Crippen LogP) is 4.21. The van der Waals surface area contributed by atoms with Crippen LogP contribution in [0.5, 0.6) is 17.2 Å². The summed E-state index contributed by atoms with van der Waals surface area (Å²) in [4.78, 5) is 16.9. The van der Waals surface area contributed by atoms with Crippen LogP contribution >= 0.6 is 0 Å². The lowest BCUT2D eigenvalue weighted by atomic mass is 10.1. The van der Waals surface area contributed by atoms with Crippen molar-refractivity contribution in [2.45, 2.75) is 6.92 Å². The monoisotopic (exact) mass is 367 g/mol. The van der Waals surface area contributed by atoms with Crippen molar-refractivity contribution in [2.75, 3.05) is 32.0 Å². The van der Waals surface area contributed by atoms with Gasteiger partial charge in [0.1, 0.15) is 17.2 Å². The van der Waals surface area contributed by atoms with Crippen molar-refractivity contribution in [3.05, 3.63) is 48.2 Å². The largest absolute Gasteiger partial charge is 0.497 e. The highest BCUT2D eigenvalue weighted by atomic mass is 16.5. The van der Waals surface area contributed by atoms with Crippen molar-refractivity contribution in [3.8, 4) is 17.2 Å². The molecule has 2 N–H and O–H groups in total. The van der Waals surface area contributed by atoms with Gasteiger partial charge in [-0.05, 0) is 37.3 Å². The smallest absolute Gasteiger partial charge is 0.323 e. The Morgan fingerprint density at radius 3 is 2.37 bits per heavy atom. The first-order chi connectivity index (χ1) is 13.0. The molecule has 0 saturated heterocycles. The fraction of sp³-hybridized carbons (Fsp3) is 0.200. The Morgan fingerprint density at radius 2 is 1.67 bits per heavy atom. The molecular weight excluding hydrogens is 346 g/mol. The number of aromatic nitrogens is 1. The maximum atomic E-state index is 12.4. The third-order valence-corrected chi connectivity index (χ3v) is 4.03. The van der Waals surface area contributed by atoms with Gasteiger partial charge >= 0.3 is 6.03 Å². The molecule has 7 nitrogen and oxygen atoms in total. The van der Waals surface area contributed by atoms with E-state index in [2.05, 4.69) is 15.6 Å². The van der Waals surface area contributed by atoms with Gasteiger partial charge in [0.15, 0.2) is 0 Å². The van der Waals surface area contributed by atoms with Crippen LogP contribution in [0.25, 0.3) is 10.9 Å². The number of carbonyl (C=O) groups excluding carboxylic acids is 1. The van der Waals surface area contributed by atoms with E-state index >= 15 is 0 Å². The lowest BCUT2D eigenvalue weighted by Crippen LogP contribution is -2.19. The van der Waals surface area contributed by atoms with Crippen LogP contribution in [-0.4, -0.2) is 32.3 Å². The zero-order chi connectivity index (χ0) is 19.4. The van der Waals surface area contributed by atoms with Crippen molar-refractivity contribution in [3.63, 3.8) is 0 Å². The van der Waals surface area contributed by atoms with E-state index < -0.39 is 6.03 Å². The third-order valence-electron chi connectivity index (χ3n) is 4.03. The van der Waals surface area contributed by atoms with Gasteiger partial charge in [0.2, 0.25) is 0 Å². The van der Waals surface area contributed by atoms with Crippen LogP contribution in [0.1, 0.15) is 5.69 Å². The Kier molecular flexibility index (Phi) is 5.30. The van der Waals surface area contributed by atoms with E-state index in [1.54, 1.807) is 38.5 Å². The van der Waals surface area contributed by atoms with E-state index in [4.69, 9.17) is 14.2 Å². The zero-order valence-electron chi connectivity index (χ0n) is 15.6. The van der Waals surface area contributed by atoms with Crippen LogP contribution in [0.15, 0.2) is 42.5 Å². The normalized spacial score (nSPS) is 10.4. The van der Waals surface area contributed by atoms with Gasteiger partial charge in [-0.15, -0.1) is 0 Å². The Morgan fingerprint density at radius 1 is 0.889 bits per heavy atom. The number of anilines is 2. The number of benzene rings is 2.